The van der Waals surface area contributed by atoms with Crippen molar-refractivity contribution in [3.63, 3.8) is 0 Å². The summed E-state index contributed by atoms with van der Waals surface area (Å²) < 4.78 is 0. The maximum absolute atomic E-state index is 12.8. The van der Waals surface area contributed by atoms with Crippen LogP contribution >= 0.6 is 0 Å². The number of rotatable bonds is 6. The molecule has 8 nitrogen and oxygen atoms in total. The van der Waals surface area contributed by atoms with Gasteiger partial charge in [-0.15, -0.1) is 0 Å². The summed E-state index contributed by atoms with van der Waals surface area (Å²) in [6.45, 7) is 5.33. The van der Waals surface area contributed by atoms with Crippen LogP contribution in [0.3, 0.4) is 0 Å². The van der Waals surface area contributed by atoms with Crippen LogP contribution in [0.5, 0.6) is 0 Å². The Balaban J connectivity index is 1.82. The van der Waals surface area contributed by atoms with E-state index >= 15 is 0 Å². The molecule has 0 aliphatic carbocycles. The van der Waals surface area contributed by atoms with Gasteiger partial charge >= 0.3 is 0 Å². The first kappa shape index (κ1) is 18.2. The van der Waals surface area contributed by atoms with Gasteiger partial charge in [-0.05, 0) is 6.42 Å². The zero-order valence-electron chi connectivity index (χ0n) is 14.2. The predicted octanol–water partition coefficient (Wildman–Crippen LogP) is -2.63. The molecular formula is C16H28N2O6. The van der Waals surface area contributed by atoms with E-state index in [1.54, 1.807) is 0 Å². The van der Waals surface area contributed by atoms with Crippen LogP contribution in [0, 0.1) is 10.8 Å². The number of Topliss-reactive ketones (excluding diaryl/α,β-unsaturated/α-hetero) is 1. The van der Waals surface area contributed by atoms with Crippen molar-refractivity contribution in [3.8, 4) is 0 Å². The van der Waals surface area contributed by atoms with Crippen molar-refractivity contribution in [1.82, 2.24) is 9.80 Å². The monoisotopic (exact) mass is 344 g/mol. The number of hydrogen-bond donors (Lipinski definition) is 5. The standard InChI is InChI=1S/C16H28N2O6/c1-3-16-7-17-5-15(2,14(16)24)6-18(8-16)13(17)12(23)11(22)10(21)9(20)4-19/h9-13,19-23H,3-8H2,1-2H3/t9-,10-,11+,12+,13?,15?,16?/m0/s1. The molecule has 6 atom stereocenters. The Hall–Kier alpha value is -0.610. The molecule has 4 aliphatic rings. The summed E-state index contributed by atoms with van der Waals surface area (Å²) in [6.07, 6.45) is -5.84. The van der Waals surface area contributed by atoms with Crippen molar-refractivity contribution in [2.75, 3.05) is 32.8 Å². The van der Waals surface area contributed by atoms with Crippen LogP contribution in [0.15, 0.2) is 0 Å². The Morgan fingerprint density at radius 1 is 1.08 bits per heavy atom. The fraction of sp³-hybridized carbons (Fsp3) is 0.938. The van der Waals surface area contributed by atoms with Gasteiger partial charge in [-0.2, -0.15) is 0 Å². The van der Waals surface area contributed by atoms with Gasteiger partial charge in [0.05, 0.1) is 23.6 Å². The summed E-state index contributed by atoms with van der Waals surface area (Å²) in [4.78, 5) is 16.8. The lowest BCUT2D eigenvalue weighted by molar-refractivity contribution is -0.231. The number of carbonyl (C=O) groups excluding carboxylic acids is 1. The normalized spacial score (nSPS) is 46.0. The molecule has 4 bridgehead atoms. The average Bonchev–Trinajstić information content (AvgIpc) is 2.55. The lowest BCUT2D eigenvalue weighted by Gasteiger charge is -2.66. The second-order valence-electron chi connectivity index (χ2n) is 7.97. The zero-order valence-corrected chi connectivity index (χ0v) is 14.2. The van der Waals surface area contributed by atoms with Crippen LogP contribution < -0.4 is 0 Å². The van der Waals surface area contributed by atoms with E-state index < -0.39 is 48.0 Å². The molecule has 5 N–H and O–H groups in total. The summed E-state index contributed by atoms with van der Waals surface area (Å²) >= 11 is 0. The lowest BCUT2D eigenvalue weighted by Crippen LogP contribution is -2.81. The number of carbonyl (C=O) groups is 1. The Morgan fingerprint density at radius 2 is 1.62 bits per heavy atom. The molecule has 0 saturated carbocycles. The van der Waals surface area contributed by atoms with E-state index in [2.05, 4.69) is 0 Å². The third-order valence-corrected chi connectivity index (χ3v) is 6.16. The van der Waals surface area contributed by atoms with Crippen LogP contribution in [0.25, 0.3) is 0 Å². The molecule has 2 unspecified atom stereocenters. The topological polar surface area (TPSA) is 125 Å². The third kappa shape index (κ3) is 2.44. The van der Waals surface area contributed by atoms with Crippen molar-refractivity contribution in [3.05, 3.63) is 0 Å². The second-order valence-corrected chi connectivity index (χ2v) is 7.97. The largest absolute Gasteiger partial charge is 0.394 e. The Labute approximate surface area is 141 Å². The van der Waals surface area contributed by atoms with Gasteiger partial charge in [0.25, 0.3) is 0 Å². The van der Waals surface area contributed by atoms with Gasteiger partial charge < -0.3 is 25.5 Å². The Morgan fingerprint density at radius 3 is 2.08 bits per heavy atom. The van der Waals surface area contributed by atoms with Crippen LogP contribution in [0.1, 0.15) is 20.3 Å². The minimum atomic E-state index is -1.64. The highest BCUT2D eigenvalue weighted by Crippen LogP contribution is 2.50. The average molecular weight is 344 g/mol. The van der Waals surface area contributed by atoms with E-state index in [0.717, 1.165) is 6.42 Å². The van der Waals surface area contributed by atoms with Crippen molar-refractivity contribution in [2.24, 2.45) is 10.8 Å². The first-order chi connectivity index (χ1) is 11.2. The molecule has 4 fully saturated rings. The number of aliphatic hydroxyl groups excluding tert-OH is 5. The van der Waals surface area contributed by atoms with Gasteiger partial charge in [-0.25, -0.2) is 0 Å². The number of piperidine rings is 2. The quantitative estimate of drug-likeness (QED) is 0.354. The van der Waals surface area contributed by atoms with E-state index in [9.17, 15) is 25.2 Å². The molecule has 4 heterocycles. The fourth-order valence-electron chi connectivity index (χ4n) is 4.95. The van der Waals surface area contributed by atoms with E-state index in [1.165, 1.54) is 0 Å². The first-order valence-electron chi connectivity index (χ1n) is 8.55. The minimum absolute atomic E-state index is 0.286. The molecule has 138 valence electrons. The molecule has 0 aromatic carbocycles. The predicted molar refractivity (Wildman–Crippen MR) is 83.9 cm³/mol. The summed E-state index contributed by atoms with van der Waals surface area (Å²) in [5, 5.41) is 49.1. The number of ketones is 1. The summed E-state index contributed by atoms with van der Waals surface area (Å²) in [5.74, 6) is 0.286. The number of aliphatic hydroxyl groups is 5. The highest BCUT2D eigenvalue weighted by molar-refractivity contribution is 5.93. The molecule has 0 amide bonds. The molecule has 0 spiro atoms. The SMILES string of the molecule is CCC12CN3CC(C)(CN(C1)C3[C@H](O)[C@H](O)[C@@H](O)[C@@H](O)CO)C2=O. The minimum Gasteiger partial charge on any atom is -0.394 e. The molecule has 4 saturated heterocycles. The van der Waals surface area contributed by atoms with Gasteiger partial charge in [-0.1, -0.05) is 13.8 Å². The maximum Gasteiger partial charge on any atom is 0.150 e. The molecular weight excluding hydrogens is 316 g/mol. The van der Waals surface area contributed by atoms with E-state index in [0.29, 0.717) is 26.2 Å². The zero-order chi connectivity index (χ0) is 17.9. The maximum atomic E-state index is 12.8. The second kappa shape index (κ2) is 5.98. The van der Waals surface area contributed by atoms with Gasteiger partial charge in [0, 0.05) is 26.2 Å². The van der Waals surface area contributed by atoms with E-state index in [-0.39, 0.29) is 5.78 Å². The van der Waals surface area contributed by atoms with Crippen LogP contribution in [0.2, 0.25) is 0 Å². The summed E-state index contributed by atoms with van der Waals surface area (Å²) in [6, 6.07) is 0. The van der Waals surface area contributed by atoms with E-state index in [4.69, 9.17) is 5.11 Å². The van der Waals surface area contributed by atoms with Gasteiger partial charge in [0.2, 0.25) is 0 Å². The molecule has 0 aromatic rings. The van der Waals surface area contributed by atoms with Gasteiger partial charge in [-0.3, -0.25) is 14.6 Å². The number of nitrogens with zero attached hydrogens (tertiary/aromatic N) is 2. The van der Waals surface area contributed by atoms with Crippen LogP contribution in [-0.4, -0.2) is 104 Å². The van der Waals surface area contributed by atoms with Crippen molar-refractivity contribution >= 4 is 5.78 Å². The molecule has 0 radical (unpaired) electrons. The molecule has 0 aromatic heterocycles. The molecule has 8 heteroatoms. The summed E-state index contributed by atoms with van der Waals surface area (Å²) in [5.41, 5.74) is -0.910. The van der Waals surface area contributed by atoms with Gasteiger partial charge in [0.15, 0.2) is 0 Å². The van der Waals surface area contributed by atoms with Crippen molar-refractivity contribution in [1.29, 1.82) is 0 Å². The smallest absolute Gasteiger partial charge is 0.150 e. The highest BCUT2D eigenvalue weighted by atomic mass is 16.4. The third-order valence-electron chi connectivity index (χ3n) is 6.16. The summed E-state index contributed by atoms with van der Waals surface area (Å²) in [7, 11) is 0. The Bertz CT molecular complexity index is 499. The van der Waals surface area contributed by atoms with Crippen LogP contribution in [0.4, 0.5) is 0 Å². The highest BCUT2D eigenvalue weighted by Gasteiger charge is 2.64. The number of hydrogen-bond acceptors (Lipinski definition) is 8. The molecule has 24 heavy (non-hydrogen) atoms. The van der Waals surface area contributed by atoms with Crippen molar-refractivity contribution in [2.45, 2.75) is 50.8 Å². The Kier molecular flexibility index (Phi) is 4.53. The van der Waals surface area contributed by atoms with E-state index in [1.807, 2.05) is 23.6 Å². The van der Waals surface area contributed by atoms with Crippen LogP contribution in [-0.2, 0) is 4.79 Å². The van der Waals surface area contributed by atoms with Crippen molar-refractivity contribution < 1.29 is 30.3 Å². The fourth-order valence-corrected chi connectivity index (χ4v) is 4.95. The first-order valence-corrected chi connectivity index (χ1v) is 8.55. The van der Waals surface area contributed by atoms with Gasteiger partial charge in [0.1, 0.15) is 30.2 Å². The molecule has 4 rings (SSSR count). The lowest BCUT2D eigenvalue weighted by atomic mass is 9.60. The molecule has 4 aliphatic heterocycles.